The first-order valence-corrected chi connectivity index (χ1v) is 8.06. The van der Waals surface area contributed by atoms with Gasteiger partial charge in [-0.1, -0.05) is 6.42 Å². The van der Waals surface area contributed by atoms with Crippen molar-refractivity contribution in [3.63, 3.8) is 0 Å². The van der Waals surface area contributed by atoms with E-state index in [0.29, 0.717) is 28.4 Å². The third-order valence-corrected chi connectivity index (χ3v) is 4.71. The fraction of sp³-hybridized carbons (Fsp3) is 0.571. The van der Waals surface area contributed by atoms with Gasteiger partial charge in [0, 0.05) is 11.3 Å². The first-order valence-electron chi connectivity index (χ1n) is 6.77. The van der Waals surface area contributed by atoms with Crippen LogP contribution in [0.3, 0.4) is 0 Å². The molecule has 1 aromatic rings. The van der Waals surface area contributed by atoms with Crippen molar-refractivity contribution in [2.24, 2.45) is 0 Å². The van der Waals surface area contributed by atoms with Gasteiger partial charge in [-0.15, -0.1) is 0 Å². The van der Waals surface area contributed by atoms with Crippen LogP contribution in [0.2, 0.25) is 0 Å². The summed E-state index contributed by atoms with van der Waals surface area (Å²) >= 11 is 1.91. The molecule has 2 unspecified atom stereocenters. The highest BCUT2D eigenvalue weighted by Gasteiger charge is 2.23. The molecule has 2 rings (SSSR count). The van der Waals surface area contributed by atoms with Gasteiger partial charge in [-0.3, -0.25) is 0 Å². The van der Waals surface area contributed by atoms with Gasteiger partial charge >= 0.3 is 5.97 Å². The number of methoxy groups -OCH3 is 1. The Morgan fingerprint density at radius 3 is 3.05 bits per heavy atom. The molecule has 0 bridgehead atoms. The topological polar surface area (TPSA) is 77.2 Å². The number of nitrogens with one attached hydrogen (secondary N) is 1. The molecule has 1 aliphatic rings. The number of anilines is 2. The van der Waals surface area contributed by atoms with Gasteiger partial charge in [0.25, 0.3) is 0 Å². The summed E-state index contributed by atoms with van der Waals surface area (Å²) in [7, 11) is 1.36. The number of thioether (sulfide) groups is 1. The van der Waals surface area contributed by atoms with Crippen LogP contribution in [0.4, 0.5) is 11.5 Å². The zero-order chi connectivity index (χ0) is 14.5. The summed E-state index contributed by atoms with van der Waals surface area (Å²) in [6, 6.07) is 1.96. The third-order valence-electron chi connectivity index (χ3n) is 3.61. The Kier molecular flexibility index (Phi) is 5.11. The summed E-state index contributed by atoms with van der Waals surface area (Å²) in [5.41, 5.74) is 6.56. The van der Waals surface area contributed by atoms with E-state index in [9.17, 15) is 4.79 Å². The van der Waals surface area contributed by atoms with Gasteiger partial charge in [0.1, 0.15) is 11.4 Å². The van der Waals surface area contributed by atoms with Crippen LogP contribution in [0, 0.1) is 0 Å². The molecule has 1 aromatic heterocycles. The summed E-state index contributed by atoms with van der Waals surface area (Å²) in [5.74, 6) is 0.155. The lowest BCUT2D eigenvalue weighted by molar-refractivity contribution is 0.0601. The quantitative estimate of drug-likeness (QED) is 0.831. The Morgan fingerprint density at radius 1 is 1.55 bits per heavy atom. The minimum absolute atomic E-state index is 0.348. The Morgan fingerprint density at radius 2 is 2.35 bits per heavy atom. The number of aromatic nitrogens is 1. The number of nitrogens with two attached hydrogens (primary N) is 1. The van der Waals surface area contributed by atoms with Gasteiger partial charge < -0.3 is 15.8 Å². The lowest BCUT2D eigenvalue weighted by atomic mass is 9.95. The van der Waals surface area contributed by atoms with E-state index in [1.165, 1.54) is 20.0 Å². The zero-order valence-corrected chi connectivity index (χ0v) is 12.7. The van der Waals surface area contributed by atoms with Crippen LogP contribution >= 0.6 is 11.8 Å². The molecule has 0 aromatic carbocycles. The maximum Gasteiger partial charge on any atom is 0.341 e. The third kappa shape index (κ3) is 3.56. The van der Waals surface area contributed by atoms with E-state index in [1.54, 1.807) is 12.3 Å². The Labute approximate surface area is 123 Å². The van der Waals surface area contributed by atoms with Gasteiger partial charge in [-0.25, -0.2) is 9.78 Å². The number of rotatable bonds is 4. The molecule has 1 saturated carbocycles. The number of ether oxygens (including phenoxy) is 1. The van der Waals surface area contributed by atoms with Crippen LogP contribution in [-0.2, 0) is 4.74 Å². The SMILES string of the molecule is COC(=O)c1cc(N)cnc1NC1CCCC(SC)C1. The molecule has 1 aliphatic carbocycles. The fourth-order valence-corrected chi connectivity index (χ4v) is 3.37. The number of hydrogen-bond acceptors (Lipinski definition) is 6. The Balaban J connectivity index is 2.14. The summed E-state index contributed by atoms with van der Waals surface area (Å²) < 4.78 is 4.78. The standard InChI is InChI=1S/C14H21N3O2S/c1-19-14(18)12-6-9(15)8-16-13(12)17-10-4-3-5-11(7-10)20-2/h6,8,10-11H,3-5,7,15H2,1-2H3,(H,16,17). The van der Waals surface area contributed by atoms with Crippen LogP contribution in [0.1, 0.15) is 36.0 Å². The van der Waals surface area contributed by atoms with Gasteiger partial charge in [0.05, 0.1) is 19.0 Å². The number of carbonyl (C=O) groups excluding carboxylic acids is 1. The van der Waals surface area contributed by atoms with Gasteiger partial charge in [-0.05, 0) is 31.6 Å². The molecule has 0 saturated heterocycles. The van der Waals surface area contributed by atoms with E-state index in [0.717, 1.165) is 12.8 Å². The van der Waals surface area contributed by atoms with Crippen LogP contribution in [0.15, 0.2) is 12.3 Å². The van der Waals surface area contributed by atoms with Crippen molar-refractivity contribution >= 4 is 29.2 Å². The van der Waals surface area contributed by atoms with E-state index >= 15 is 0 Å². The predicted molar refractivity (Wildman–Crippen MR) is 83.2 cm³/mol. The molecule has 110 valence electrons. The van der Waals surface area contributed by atoms with Crippen LogP contribution < -0.4 is 11.1 Å². The second-order valence-corrected chi connectivity index (χ2v) is 6.16. The molecular weight excluding hydrogens is 274 g/mol. The van der Waals surface area contributed by atoms with Crippen molar-refractivity contribution in [3.8, 4) is 0 Å². The minimum Gasteiger partial charge on any atom is -0.465 e. The Hall–Kier alpha value is -1.43. The largest absolute Gasteiger partial charge is 0.465 e. The van der Waals surface area contributed by atoms with Crippen molar-refractivity contribution in [3.05, 3.63) is 17.8 Å². The van der Waals surface area contributed by atoms with Crippen LogP contribution in [0.25, 0.3) is 0 Å². The van der Waals surface area contributed by atoms with E-state index in [1.807, 2.05) is 11.8 Å². The molecule has 1 fully saturated rings. The maximum absolute atomic E-state index is 11.8. The van der Waals surface area contributed by atoms with Crippen LogP contribution in [0.5, 0.6) is 0 Å². The number of nitrogen functional groups attached to an aromatic ring is 1. The normalized spacial score (nSPS) is 22.3. The molecule has 2 atom stereocenters. The van der Waals surface area contributed by atoms with Crippen molar-refractivity contribution in [1.29, 1.82) is 0 Å². The molecular formula is C14H21N3O2S. The number of esters is 1. The monoisotopic (exact) mass is 295 g/mol. The Bertz CT molecular complexity index is 481. The average molecular weight is 295 g/mol. The molecule has 0 radical (unpaired) electrons. The van der Waals surface area contributed by atoms with Gasteiger partial charge in [0.2, 0.25) is 0 Å². The maximum atomic E-state index is 11.8. The molecule has 1 heterocycles. The highest BCUT2D eigenvalue weighted by Crippen LogP contribution is 2.29. The first kappa shape index (κ1) is 15.0. The van der Waals surface area contributed by atoms with Crippen molar-refractivity contribution in [1.82, 2.24) is 4.98 Å². The average Bonchev–Trinajstić information content (AvgIpc) is 2.48. The van der Waals surface area contributed by atoms with Crippen molar-refractivity contribution in [2.45, 2.75) is 37.0 Å². The summed E-state index contributed by atoms with van der Waals surface area (Å²) in [6.45, 7) is 0. The molecule has 20 heavy (non-hydrogen) atoms. The lowest BCUT2D eigenvalue weighted by Gasteiger charge is -2.29. The smallest absolute Gasteiger partial charge is 0.341 e. The highest BCUT2D eigenvalue weighted by molar-refractivity contribution is 7.99. The molecule has 6 heteroatoms. The first-order chi connectivity index (χ1) is 9.63. The van der Waals surface area contributed by atoms with E-state index in [2.05, 4.69) is 16.6 Å². The molecule has 0 aliphatic heterocycles. The minimum atomic E-state index is -0.412. The molecule has 3 N–H and O–H groups in total. The second kappa shape index (κ2) is 6.83. The van der Waals surface area contributed by atoms with Gasteiger partial charge in [0.15, 0.2) is 0 Å². The second-order valence-electron chi connectivity index (χ2n) is 5.02. The number of hydrogen-bond donors (Lipinski definition) is 2. The number of carbonyl (C=O) groups is 1. The lowest BCUT2D eigenvalue weighted by Crippen LogP contribution is -2.29. The van der Waals surface area contributed by atoms with E-state index < -0.39 is 5.97 Å². The fourth-order valence-electron chi connectivity index (χ4n) is 2.54. The zero-order valence-electron chi connectivity index (χ0n) is 11.9. The number of pyridine rings is 1. The molecule has 0 spiro atoms. The summed E-state index contributed by atoms with van der Waals surface area (Å²) in [5, 5.41) is 4.05. The van der Waals surface area contributed by atoms with Crippen LogP contribution in [-0.4, -0.2) is 35.6 Å². The van der Waals surface area contributed by atoms with Gasteiger partial charge in [-0.2, -0.15) is 11.8 Å². The van der Waals surface area contributed by atoms with Crippen molar-refractivity contribution < 1.29 is 9.53 Å². The molecule has 5 nitrogen and oxygen atoms in total. The summed E-state index contributed by atoms with van der Waals surface area (Å²) in [4.78, 5) is 16.0. The van der Waals surface area contributed by atoms with E-state index in [4.69, 9.17) is 10.5 Å². The molecule has 0 amide bonds. The number of nitrogens with zero attached hydrogens (tertiary/aromatic N) is 1. The van der Waals surface area contributed by atoms with E-state index in [-0.39, 0.29) is 0 Å². The predicted octanol–water partition coefficient (Wildman–Crippen LogP) is 2.54. The summed E-state index contributed by atoms with van der Waals surface area (Å²) in [6.07, 6.45) is 8.36. The van der Waals surface area contributed by atoms with Crippen molar-refractivity contribution in [2.75, 3.05) is 24.4 Å². The highest BCUT2D eigenvalue weighted by atomic mass is 32.2.